The molecular formula is C11H8N4. The lowest BCUT2D eigenvalue weighted by atomic mass is 10.1. The Hall–Kier alpha value is -2.41. The van der Waals surface area contributed by atoms with Gasteiger partial charge in [0, 0.05) is 18.6 Å². The highest BCUT2D eigenvalue weighted by atomic mass is 14.9. The summed E-state index contributed by atoms with van der Waals surface area (Å²) < 4.78 is 0. The second-order valence-electron chi connectivity index (χ2n) is 2.85. The highest BCUT2D eigenvalue weighted by molar-refractivity contribution is 5.95. The first-order chi connectivity index (χ1) is 7.42. The molecule has 2 rings (SSSR count). The first-order valence-corrected chi connectivity index (χ1v) is 4.42. The molecule has 1 aliphatic heterocycles. The normalized spacial score (nSPS) is 16.7. The number of allylic oxidation sites excluding steroid dienone is 2. The van der Waals surface area contributed by atoms with Crippen LogP contribution in [-0.2, 0) is 0 Å². The molecule has 1 N–H and O–H groups in total. The minimum atomic E-state index is 0.490. The number of aromatic nitrogens is 1. The summed E-state index contributed by atoms with van der Waals surface area (Å²) >= 11 is 0. The third-order valence-corrected chi connectivity index (χ3v) is 1.91. The van der Waals surface area contributed by atoms with Gasteiger partial charge < -0.3 is 5.32 Å². The Balaban J connectivity index is 2.46. The maximum absolute atomic E-state index is 9.06. The average molecular weight is 196 g/mol. The first kappa shape index (κ1) is 9.16. The van der Waals surface area contributed by atoms with Gasteiger partial charge in [-0.1, -0.05) is 6.07 Å². The quantitative estimate of drug-likeness (QED) is 0.692. The fraction of sp³-hybridized carbons (Fsp3) is 0. The van der Waals surface area contributed by atoms with E-state index in [0.717, 1.165) is 0 Å². The van der Waals surface area contributed by atoms with Gasteiger partial charge in [0.1, 0.15) is 11.6 Å². The van der Waals surface area contributed by atoms with Gasteiger partial charge in [-0.15, -0.1) is 0 Å². The summed E-state index contributed by atoms with van der Waals surface area (Å²) in [6, 6.07) is 7.56. The fourth-order valence-corrected chi connectivity index (χ4v) is 1.23. The monoisotopic (exact) mass is 196 g/mol. The number of rotatable bonds is 1. The van der Waals surface area contributed by atoms with E-state index in [1.165, 1.54) is 0 Å². The maximum atomic E-state index is 9.06. The molecule has 0 radical (unpaired) electrons. The maximum Gasteiger partial charge on any atom is 0.104 e. The van der Waals surface area contributed by atoms with Crippen molar-refractivity contribution in [3.05, 3.63) is 48.2 Å². The first-order valence-electron chi connectivity index (χ1n) is 4.42. The molecule has 4 heteroatoms. The van der Waals surface area contributed by atoms with Crippen LogP contribution in [0.1, 0.15) is 5.69 Å². The van der Waals surface area contributed by atoms with Crippen molar-refractivity contribution in [1.82, 2.24) is 10.3 Å². The van der Waals surface area contributed by atoms with Gasteiger partial charge in [0.25, 0.3) is 0 Å². The van der Waals surface area contributed by atoms with E-state index in [0.29, 0.717) is 17.0 Å². The van der Waals surface area contributed by atoms with Gasteiger partial charge in [0.05, 0.1) is 17.6 Å². The summed E-state index contributed by atoms with van der Waals surface area (Å²) in [6.45, 7) is 0. The smallest absolute Gasteiger partial charge is 0.104 e. The molecular weight excluding hydrogens is 188 g/mol. The standard InChI is InChI=1S/C11H8N4/c12-7-9(10-3-1-2-4-14-10)11-8-13-5-6-15-11/h1-6,8,15H/b11-9+. The third kappa shape index (κ3) is 1.92. The molecule has 15 heavy (non-hydrogen) atoms. The van der Waals surface area contributed by atoms with Gasteiger partial charge in [0.2, 0.25) is 0 Å². The van der Waals surface area contributed by atoms with Crippen LogP contribution in [0.5, 0.6) is 0 Å². The number of hydrogen-bond acceptors (Lipinski definition) is 4. The van der Waals surface area contributed by atoms with Crippen molar-refractivity contribution in [3.8, 4) is 6.07 Å². The van der Waals surface area contributed by atoms with Gasteiger partial charge in [-0.2, -0.15) is 5.26 Å². The van der Waals surface area contributed by atoms with E-state index in [1.54, 1.807) is 30.9 Å². The Bertz CT molecular complexity index is 477. The summed E-state index contributed by atoms with van der Waals surface area (Å²) in [5.74, 6) is 0. The summed E-state index contributed by atoms with van der Waals surface area (Å²) in [7, 11) is 0. The average Bonchev–Trinajstić information content (AvgIpc) is 2.33. The van der Waals surface area contributed by atoms with E-state index in [2.05, 4.69) is 21.4 Å². The van der Waals surface area contributed by atoms with Crippen LogP contribution in [0.2, 0.25) is 0 Å². The molecule has 0 aliphatic carbocycles. The van der Waals surface area contributed by atoms with E-state index in [1.807, 2.05) is 12.1 Å². The summed E-state index contributed by atoms with van der Waals surface area (Å²) in [5, 5.41) is 12.0. The number of pyridine rings is 1. The lowest BCUT2D eigenvalue weighted by Crippen LogP contribution is -2.11. The Morgan fingerprint density at radius 3 is 2.93 bits per heavy atom. The molecule has 0 amide bonds. The molecule has 0 saturated carbocycles. The minimum Gasteiger partial charge on any atom is -0.358 e. The molecule has 1 aromatic heterocycles. The van der Waals surface area contributed by atoms with Crippen LogP contribution in [0.25, 0.3) is 5.57 Å². The van der Waals surface area contributed by atoms with Crippen molar-refractivity contribution >= 4 is 11.8 Å². The number of nitrogens with zero attached hydrogens (tertiary/aromatic N) is 3. The number of nitrogens with one attached hydrogen (secondary N) is 1. The molecule has 0 spiro atoms. The second kappa shape index (κ2) is 4.20. The van der Waals surface area contributed by atoms with Gasteiger partial charge in [-0.25, -0.2) is 0 Å². The lowest BCUT2D eigenvalue weighted by Gasteiger charge is -2.07. The molecule has 1 aliphatic rings. The topological polar surface area (TPSA) is 61.1 Å². The van der Waals surface area contributed by atoms with Crippen LogP contribution >= 0.6 is 0 Å². The van der Waals surface area contributed by atoms with Gasteiger partial charge in [0.15, 0.2) is 0 Å². The van der Waals surface area contributed by atoms with Gasteiger partial charge >= 0.3 is 0 Å². The molecule has 72 valence electrons. The van der Waals surface area contributed by atoms with E-state index in [9.17, 15) is 0 Å². The summed E-state index contributed by atoms with van der Waals surface area (Å²) in [5.41, 5.74) is 1.80. The zero-order chi connectivity index (χ0) is 10.5. The molecule has 4 nitrogen and oxygen atoms in total. The van der Waals surface area contributed by atoms with Crippen LogP contribution in [0.4, 0.5) is 0 Å². The molecule has 0 bridgehead atoms. The van der Waals surface area contributed by atoms with Crippen LogP contribution in [0, 0.1) is 11.3 Å². The van der Waals surface area contributed by atoms with E-state index >= 15 is 0 Å². The highest BCUT2D eigenvalue weighted by Crippen LogP contribution is 2.13. The van der Waals surface area contributed by atoms with Crippen LogP contribution in [0.3, 0.4) is 0 Å². The van der Waals surface area contributed by atoms with Crippen molar-refractivity contribution in [2.24, 2.45) is 4.99 Å². The molecule has 1 aromatic rings. The molecule has 0 unspecified atom stereocenters. The zero-order valence-electron chi connectivity index (χ0n) is 7.88. The van der Waals surface area contributed by atoms with E-state index in [-0.39, 0.29) is 0 Å². The van der Waals surface area contributed by atoms with E-state index in [4.69, 9.17) is 5.26 Å². The molecule has 0 saturated heterocycles. The molecule has 2 heterocycles. The third-order valence-electron chi connectivity index (χ3n) is 1.91. The van der Waals surface area contributed by atoms with E-state index < -0.39 is 0 Å². The van der Waals surface area contributed by atoms with Crippen molar-refractivity contribution in [3.63, 3.8) is 0 Å². The van der Waals surface area contributed by atoms with Crippen LogP contribution in [0.15, 0.2) is 47.5 Å². The van der Waals surface area contributed by atoms with Crippen molar-refractivity contribution in [2.45, 2.75) is 0 Å². The Morgan fingerprint density at radius 2 is 2.33 bits per heavy atom. The lowest BCUT2D eigenvalue weighted by molar-refractivity contribution is 1.11. The van der Waals surface area contributed by atoms with Crippen LogP contribution < -0.4 is 5.32 Å². The predicted molar refractivity (Wildman–Crippen MR) is 57.5 cm³/mol. The van der Waals surface area contributed by atoms with Crippen LogP contribution in [-0.4, -0.2) is 11.2 Å². The minimum absolute atomic E-state index is 0.490. The Morgan fingerprint density at radius 1 is 1.40 bits per heavy atom. The van der Waals surface area contributed by atoms with Crippen molar-refractivity contribution in [1.29, 1.82) is 5.26 Å². The molecule has 0 fully saturated rings. The second-order valence-corrected chi connectivity index (χ2v) is 2.85. The Labute approximate surface area is 87.3 Å². The zero-order valence-corrected chi connectivity index (χ0v) is 7.88. The summed E-state index contributed by atoms with van der Waals surface area (Å²) in [6.07, 6.45) is 6.56. The Kier molecular flexibility index (Phi) is 2.56. The largest absolute Gasteiger partial charge is 0.358 e. The van der Waals surface area contributed by atoms with Gasteiger partial charge in [-0.3, -0.25) is 9.98 Å². The SMILES string of the molecule is N#C/C(=C1/C=NC=CN1)c1ccccn1. The molecule has 0 aromatic carbocycles. The predicted octanol–water partition coefficient (Wildman–Crippen LogP) is 1.46. The van der Waals surface area contributed by atoms with Gasteiger partial charge in [-0.05, 0) is 12.1 Å². The van der Waals surface area contributed by atoms with Crippen molar-refractivity contribution in [2.75, 3.05) is 0 Å². The fourth-order valence-electron chi connectivity index (χ4n) is 1.23. The number of nitriles is 1. The summed E-state index contributed by atoms with van der Waals surface area (Å²) in [4.78, 5) is 8.07. The number of hydrogen-bond donors (Lipinski definition) is 1. The highest BCUT2D eigenvalue weighted by Gasteiger charge is 2.08. The molecule has 0 atom stereocenters. The number of aliphatic imine (C=N–C) groups is 1. The van der Waals surface area contributed by atoms with Crippen molar-refractivity contribution < 1.29 is 0 Å².